The van der Waals surface area contributed by atoms with E-state index in [4.69, 9.17) is 5.11 Å². The number of likely N-dealkylation sites (N-methyl/N-ethyl adjacent to an activating group) is 1. The average Bonchev–Trinajstić information content (AvgIpc) is 2.87. The summed E-state index contributed by atoms with van der Waals surface area (Å²) in [6, 6.07) is 2.92. The number of H-pyrrole nitrogens is 1. The first-order valence-electron chi connectivity index (χ1n) is 5.95. The van der Waals surface area contributed by atoms with Crippen molar-refractivity contribution in [2.75, 3.05) is 7.05 Å². The fourth-order valence-corrected chi connectivity index (χ4v) is 1.79. The van der Waals surface area contributed by atoms with Crippen LogP contribution in [0.25, 0.3) is 10.9 Å². The van der Waals surface area contributed by atoms with E-state index in [1.54, 1.807) is 0 Å². The number of fused-ring (bicyclic) bond motifs is 1. The highest BCUT2D eigenvalue weighted by Crippen LogP contribution is 2.23. The zero-order valence-corrected chi connectivity index (χ0v) is 11.2. The topological polar surface area (TPSA) is 129 Å². The molecule has 0 radical (unpaired) electrons. The zero-order chi connectivity index (χ0) is 15.7. The van der Waals surface area contributed by atoms with Crippen molar-refractivity contribution in [2.24, 2.45) is 0 Å². The Hall–Kier alpha value is -2.97. The summed E-state index contributed by atoms with van der Waals surface area (Å²) in [7, 11) is 1.33. The van der Waals surface area contributed by atoms with Crippen LogP contribution in [0.2, 0.25) is 0 Å². The van der Waals surface area contributed by atoms with Crippen LogP contribution in [0.3, 0.4) is 0 Å². The van der Waals surface area contributed by atoms with Crippen molar-refractivity contribution < 1.29 is 19.6 Å². The Balaban J connectivity index is 2.46. The van der Waals surface area contributed by atoms with Crippen LogP contribution in [-0.4, -0.2) is 50.1 Å². The second-order valence-corrected chi connectivity index (χ2v) is 4.49. The number of carbonyl (C=O) groups excluding carboxylic acids is 1. The van der Waals surface area contributed by atoms with Gasteiger partial charge in [-0.05, 0) is 13.0 Å². The third kappa shape index (κ3) is 2.53. The first-order chi connectivity index (χ1) is 9.82. The van der Waals surface area contributed by atoms with Gasteiger partial charge in [-0.1, -0.05) is 0 Å². The molecular formula is C12H12N4O5. The molecule has 0 aliphatic carbocycles. The molecule has 1 unspecified atom stereocenters. The van der Waals surface area contributed by atoms with E-state index in [-0.39, 0.29) is 16.8 Å². The number of nitro groups is 1. The van der Waals surface area contributed by atoms with E-state index in [1.165, 1.54) is 32.2 Å². The number of amides is 1. The van der Waals surface area contributed by atoms with Crippen LogP contribution in [0.4, 0.5) is 5.69 Å². The standard InChI is InChI=1S/C12H12N4O5/c1-6(12(18)19)15(2)11(17)10-8-5-7(16(20)21)3-4-9(8)13-14-10/h3-6H,1-2H3,(H,13,14)(H,18,19). The summed E-state index contributed by atoms with van der Waals surface area (Å²) < 4.78 is 0. The van der Waals surface area contributed by atoms with Gasteiger partial charge in [0.2, 0.25) is 0 Å². The summed E-state index contributed by atoms with van der Waals surface area (Å²) in [6.07, 6.45) is 0. The predicted molar refractivity (Wildman–Crippen MR) is 71.9 cm³/mol. The molecule has 1 aromatic carbocycles. The minimum absolute atomic E-state index is 0.0516. The molecule has 110 valence electrons. The van der Waals surface area contributed by atoms with Crippen molar-refractivity contribution >= 4 is 28.5 Å². The highest BCUT2D eigenvalue weighted by atomic mass is 16.6. The van der Waals surface area contributed by atoms with Crippen LogP contribution in [0.1, 0.15) is 17.4 Å². The van der Waals surface area contributed by atoms with E-state index < -0.39 is 22.8 Å². The first-order valence-corrected chi connectivity index (χ1v) is 5.95. The molecule has 0 saturated carbocycles. The maximum absolute atomic E-state index is 12.3. The number of nitrogens with one attached hydrogen (secondary N) is 1. The van der Waals surface area contributed by atoms with Crippen LogP contribution >= 0.6 is 0 Å². The van der Waals surface area contributed by atoms with Crippen molar-refractivity contribution in [3.8, 4) is 0 Å². The van der Waals surface area contributed by atoms with E-state index in [2.05, 4.69) is 10.2 Å². The van der Waals surface area contributed by atoms with E-state index in [9.17, 15) is 19.7 Å². The Labute approximate surface area is 118 Å². The maximum atomic E-state index is 12.3. The summed E-state index contributed by atoms with van der Waals surface area (Å²) in [6.45, 7) is 1.36. The number of hydrogen-bond acceptors (Lipinski definition) is 5. The number of hydrogen-bond donors (Lipinski definition) is 2. The van der Waals surface area contributed by atoms with Gasteiger partial charge in [0.25, 0.3) is 11.6 Å². The molecule has 1 heterocycles. The van der Waals surface area contributed by atoms with Gasteiger partial charge in [-0.3, -0.25) is 20.0 Å². The summed E-state index contributed by atoms with van der Waals surface area (Å²) in [5.74, 6) is -1.78. The number of carboxylic acids is 1. The molecule has 1 aromatic heterocycles. The molecule has 9 nitrogen and oxygen atoms in total. The Morgan fingerprint density at radius 3 is 2.71 bits per heavy atom. The SMILES string of the molecule is CC(C(=O)O)N(C)C(=O)c1n[nH]c2ccc([N+](=O)[O-])cc12. The van der Waals surface area contributed by atoms with Crippen molar-refractivity contribution in [3.05, 3.63) is 34.0 Å². The normalized spacial score (nSPS) is 12.1. The number of benzene rings is 1. The van der Waals surface area contributed by atoms with Crippen molar-refractivity contribution in [3.63, 3.8) is 0 Å². The monoisotopic (exact) mass is 292 g/mol. The number of rotatable bonds is 4. The lowest BCUT2D eigenvalue weighted by atomic mass is 10.1. The number of carbonyl (C=O) groups is 2. The molecular weight excluding hydrogens is 280 g/mol. The second kappa shape index (κ2) is 5.19. The van der Waals surface area contributed by atoms with Crippen LogP contribution in [0.15, 0.2) is 18.2 Å². The van der Waals surface area contributed by atoms with Crippen LogP contribution in [-0.2, 0) is 4.79 Å². The van der Waals surface area contributed by atoms with Gasteiger partial charge in [0, 0.05) is 24.6 Å². The van der Waals surface area contributed by atoms with E-state index in [1.807, 2.05) is 0 Å². The molecule has 1 atom stereocenters. The molecule has 0 aliphatic rings. The third-order valence-electron chi connectivity index (χ3n) is 3.22. The van der Waals surface area contributed by atoms with Gasteiger partial charge in [0.15, 0.2) is 5.69 Å². The molecule has 2 N–H and O–H groups in total. The zero-order valence-electron chi connectivity index (χ0n) is 11.2. The molecule has 2 rings (SSSR count). The first kappa shape index (κ1) is 14.4. The van der Waals surface area contributed by atoms with Gasteiger partial charge in [0.1, 0.15) is 6.04 Å². The van der Waals surface area contributed by atoms with Crippen molar-refractivity contribution in [1.82, 2.24) is 15.1 Å². The third-order valence-corrected chi connectivity index (χ3v) is 3.22. The quantitative estimate of drug-likeness (QED) is 0.639. The number of non-ortho nitro benzene ring substituents is 1. The molecule has 2 aromatic rings. The van der Waals surface area contributed by atoms with E-state index >= 15 is 0 Å². The minimum Gasteiger partial charge on any atom is -0.480 e. The van der Waals surface area contributed by atoms with E-state index in [0.717, 1.165) is 4.90 Å². The van der Waals surface area contributed by atoms with Crippen LogP contribution < -0.4 is 0 Å². The lowest BCUT2D eigenvalue weighted by Crippen LogP contribution is -2.40. The molecule has 21 heavy (non-hydrogen) atoms. The predicted octanol–water partition coefficient (Wildman–Crippen LogP) is 1.02. The van der Waals surface area contributed by atoms with E-state index in [0.29, 0.717) is 5.52 Å². The number of aromatic amines is 1. The Bertz CT molecular complexity index is 738. The number of carboxylic acid groups (broad SMARTS) is 1. The van der Waals surface area contributed by atoms with Gasteiger partial charge >= 0.3 is 5.97 Å². The van der Waals surface area contributed by atoms with Crippen LogP contribution in [0, 0.1) is 10.1 Å². The Morgan fingerprint density at radius 2 is 2.14 bits per heavy atom. The van der Waals surface area contributed by atoms with Gasteiger partial charge in [-0.15, -0.1) is 0 Å². The minimum atomic E-state index is -1.16. The molecule has 1 amide bonds. The molecule has 0 bridgehead atoms. The highest BCUT2D eigenvalue weighted by Gasteiger charge is 2.26. The molecule has 9 heteroatoms. The fourth-order valence-electron chi connectivity index (χ4n) is 1.79. The smallest absolute Gasteiger partial charge is 0.326 e. The largest absolute Gasteiger partial charge is 0.480 e. The van der Waals surface area contributed by atoms with Crippen LogP contribution in [0.5, 0.6) is 0 Å². The lowest BCUT2D eigenvalue weighted by Gasteiger charge is -2.20. The highest BCUT2D eigenvalue weighted by molar-refractivity contribution is 6.06. The second-order valence-electron chi connectivity index (χ2n) is 4.49. The fraction of sp³-hybridized carbons (Fsp3) is 0.250. The molecule has 0 fully saturated rings. The average molecular weight is 292 g/mol. The van der Waals surface area contributed by atoms with Gasteiger partial charge in [-0.2, -0.15) is 5.10 Å². The number of aliphatic carboxylic acids is 1. The Morgan fingerprint density at radius 1 is 1.48 bits per heavy atom. The molecule has 0 spiro atoms. The van der Waals surface area contributed by atoms with Crippen molar-refractivity contribution in [2.45, 2.75) is 13.0 Å². The van der Waals surface area contributed by atoms with Gasteiger partial charge < -0.3 is 10.0 Å². The van der Waals surface area contributed by atoms with Gasteiger partial charge in [0.05, 0.1) is 10.4 Å². The summed E-state index contributed by atoms with van der Waals surface area (Å²) >= 11 is 0. The summed E-state index contributed by atoms with van der Waals surface area (Å²) in [5, 5.41) is 26.4. The summed E-state index contributed by atoms with van der Waals surface area (Å²) in [5.41, 5.74) is 0.233. The Kier molecular flexibility index (Phi) is 3.57. The number of nitro benzene ring substituents is 1. The maximum Gasteiger partial charge on any atom is 0.326 e. The van der Waals surface area contributed by atoms with Gasteiger partial charge in [-0.25, -0.2) is 4.79 Å². The summed E-state index contributed by atoms with van der Waals surface area (Å²) in [4.78, 5) is 34.4. The lowest BCUT2D eigenvalue weighted by molar-refractivity contribution is -0.384. The van der Waals surface area contributed by atoms with Crippen molar-refractivity contribution in [1.29, 1.82) is 0 Å². The molecule has 0 saturated heterocycles. The number of nitrogens with zero attached hydrogens (tertiary/aromatic N) is 3. The molecule has 0 aliphatic heterocycles. The number of aromatic nitrogens is 2.